The molecule has 0 aliphatic carbocycles. The Bertz CT molecular complexity index is 303. The van der Waals surface area contributed by atoms with Crippen LogP contribution in [0.2, 0.25) is 0 Å². The van der Waals surface area contributed by atoms with Crippen LogP contribution in [0.15, 0.2) is 0 Å². The summed E-state index contributed by atoms with van der Waals surface area (Å²) in [6, 6.07) is -0.904. The van der Waals surface area contributed by atoms with Gasteiger partial charge in [0.25, 0.3) is 0 Å². The molecule has 0 saturated heterocycles. The van der Waals surface area contributed by atoms with E-state index in [-0.39, 0.29) is 6.61 Å². The Labute approximate surface area is 115 Å². The van der Waals surface area contributed by atoms with Crippen molar-refractivity contribution in [1.82, 2.24) is 5.32 Å². The first-order chi connectivity index (χ1) is 8.86. The zero-order valence-corrected chi connectivity index (χ0v) is 12.5. The van der Waals surface area contributed by atoms with Gasteiger partial charge in [-0.1, -0.05) is 27.7 Å². The smallest absolute Gasteiger partial charge is 0.384 e. The summed E-state index contributed by atoms with van der Waals surface area (Å²) in [4.78, 5) is 11.0. The third-order valence-electron chi connectivity index (χ3n) is 2.68. The van der Waals surface area contributed by atoms with E-state index in [4.69, 9.17) is 4.74 Å². The standard InChI is InChI=1S/C10H16F5NO2.C2H6/c1-6(8(2,3)5-18-4)16-7(17)9(11,12)10(13,14)15;1-2/h6H,5H2,1-4H3,(H,16,17);1-2H3. The zero-order valence-electron chi connectivity index (χ0n) is 12.5. The van der Waals surface area contributed by atoms with Crippen LogP contribution in [0.3, 0.4) is 0 Å². The van der Waals surface area contributed by atoms with E-state index in [1.54, 1.807) is 19.2 Å². The maximum atomic E-state index is 12.7. The molecule has 1 amide bonds. The second-order valence-electron chi connectivity index (χ2n) is 4.69. The van der Waals surface area contributed by atoms with Crippen LogP contribution in [0.4, 0.5) is 22.0 Å². The Morgan fingerprint density at radius 2 is 1.55 bits per heavy atom. The second-order valence-corrected chi connectivity index (χ2v) is 4.69. The molecule has 1 unspecified atom stereocenters. The molecule has 0 spiro atoms. The number of nitrogens with one attached hydrogen (secondary N) is 1. The number of amides is 1. The molecule has 1 N–H and O–H groups in total. The Kier molecular flexibility index (Phi) is 8.29. The average Bonchev–Trinajstić information content (AvgIpc) is 2.29. The van der Waals surface area contributed by atoms with Crippen LogP contribution in [-0.4, -0.2) is 37.8 Å². The molecule has 0 radical (unpaired) electrons. The number of methoxy groups -OCH3 is 1. The van der Waals surface area contributed by atoms with Crippen LogP contribution < -0.4 is 5.32 Å². The van der Waals surface area contributed by atoms with Crippen LogP contribution in [-0.2, 0) is 9.53 Å². The molecule has 0 aromatic carbocycles. The molecule has 0 saturated carbocycles. The van der Waals surface area contributed by atoms with Gasteiger partial charge in [-0.05, 0) is 6.92 Å². The Hall–Kier alpha value is -0.920. The van der Waals surface area contributed by atoms with Crippen molar-refractivity contribution >= 4 is 5.91 Å². The van der Waals surface area contributed by atoms with Crippen LogP contribution in [0.25, 0.3) is 0 Å². The molecule has 20 heavy (non-hydrogen) atoms. The minimum atomic E-state index is -5.90. The molecule has 8 heteroatoms. The maximum absolute atomic E-state index is 12.7. The van der Waals surface area contributed by atoms with Gasteiger partial charge in [0.05, 0.1) is 6.61 Å². The zero-order chi connectivity index (χ0) is 16.8. The quantitative estimate of drug-likeness (QED) is 0.791. The number of rotatable bonds is 5. The van der Waals surface area contributed by atoms with Gasteiger partial charge in [0.2, 0.25) is 0 Å². The van der Waals surface area contributed by atoms with Crippen LogP contribution in [0, 0.1) is 5.41 Å². The van der Waals surface area contributed by atoms with Gasteiger partial charge in [-0.3, -0.25) is 4.79 Å². The fourth-order valence-electron chi connectivity index (χ4n) is 1.11. The average molecular weight is 307 g/mol. The molecule has 122 valence electrons. The van der Waals surface area contributed by atoms with Crippen LogP contribution in [0.1, 0.15) is 34.6 Å². The third-order valence-corrected chi connectivity index (χ3v) is 2.68. The van der Waals surface area contributed by atoms with Crippen molar-refractivity contribution in [3.05, 3.63) is 0 Å². The summed E-state index contributed by atoms with van der Waals surface area (Å²) in [5, 5.41) is 1.66. The molecule has 0 rings (SSSR count). The van der Waals surface area contributed by atoms with Crippen molar-refractivity contribution in [2.45, 2.75) is 52.8 Å². The lowest BCUT2D eigenvalue weighted by Crippen LogP contribution is -2.55. The molecule has 3 nitrogen and oxygen atoms in total. The van der Waals surface area contributed by atoms with Gasteiger partial charge in [-0.2, -0.15) is 22.0 Å². The van der Waals surface area contributed by atoms with E-state index >= 15 is 0 Å². The minimum Gasteiger partial charge on any atom is -0.384 e. The summed E-state index contributed by atoms with van der Waals surface area (Å²) in [5.74, 6) is -7.75. The summed E-state index contributed by atoms with van der Waals surface area (Å²) < 4.78 is 66.0. The van der Waals surface area contributed by atoms with Crippen molar-refractivity contribution in [3.8, 4) is 0 Å². The molecule has 0 aromatic heterocycles. The fraction of sp³-hybridized carbons (Fsp3) is 0.917. The molecule has 0 aliphatic heterocycles. The third kappa shape index (κ3) is 5.60. The lowest BCUT2D eigenvalue weighted by atomic mass is 9.86. The number of carbonyl (C=O) groups is 1. The van der Waals surface area contributed by atoms with E-state index in [2.05, 4.69) is 0 Å². The normalized spacial score (nSPS) is 14.2. The summed E-state index contributed by atoms with van der Waals surface area (Å²) in [7, 11) is 1.36. The Balaban J connectivity index is 0. The highest BCUT2D eigenvalue weighted by molar-refractivity contribution is 5.84. The number of ether oxygens (including phenoxy) is 1. The number of halogens is 5. The van der Waals surface area contributed by atoms with Crippen LogP contribution in [0.5, 0.6) is 0 Å². The van der Waals surface area contributed by atoms with E-state index in [9.17, 15) is 26.7 Å². The number of hydrogen-bond acceptors (Lipinski definition) is 2. The summed E-state index contributed by atoms with van der Waals surface area (Å²) in [5.41, 5.74) is -0.772. The van der Waals surface area contributed by atoms with E-state index in [1.165, 1.54) is 14.0 Å². The van der Waals surface area contributed by atoms with Gasteiger partial charge in [0, 0.05) is 18.6 Å². The Morgan fingerprint density at radius 1 is 1.15 bits per heavy atom. The minimum absolute atomic E-state index is 0.103. The highest BCUT2D eigenvalue weighted by atomic mass is 19.4. The number of carbonyl (C=O) groups excluding carboxylic acids is 1. The molecule has 0 bridgehead atoms. The molecule has 0 aliphatic rings. The maximum Gasteiger partial charge on any atom is 0.463 e. The van der Waals surface area contributed by atoms with Gasteiger partial charge in [0.15, 0.2) is 0 Å². The van der Waals surface area contributed by atoms with Crippen molar-refractivity contribution in [2.75, 3.05) is 13.7 Å². The lowest BCUT2D eigenvalue weighted by molar-refractivity contribution is -0.270. The van der Waals surface area contributed by atoms with Gasteiger partial charge in [-0.15, -0.1) is 0 Å². The summed E-state index contributed by atoms with van der Waals surface area (Å²) in [6.07, 6.45) is -5.90. The summed E-state index contributed by atoms with van der Waals surface area (Å²) >= 11 is 0. The van der Waals surface area contributed by atoms with Gasteiger partial charge in [0.1, 0.15) is 0 Å². The SMILES string of the molecule is CC.COCC(C)(C)C(C)NC(=O)C(F)(F)C(F)(F)F. The van der Waals surface area contributed by atoms with Crippen molar-refractivity contribution in [3.63, 3.8) is 0 Å². The topological polar surface area (TPSA) is 38.3 Å². The highest BCUT2D eigenvalue weighted by Gasteiger charge is 2.63. The molecule has 0 heterocycles. The number of hydrogen-bond donors (Lipinski definition) is 1. The largest absolute Gasteiger partial charge is 0.463 e. The number of alkyl halides is 5. The van der Waals surface area contributed by atoms with Gasteiger partial charge < -0.3 is 10.1 Å². The van der Waals surface area contributed by atoms with E-state index in [0.717, 1.165) is 0 Å². The molecule has 0 fully saturated rings. The van der Waals surface area contributed by atoms with Gasteiger partial charge >= 0.3 is 18.0 Å². The molecular formula is C12H22F5NO2. The van der Waals surface area contributed by atoms with Crippen molar-refractivity contribution in [1.29, 1.82) is 0 Å². The first-order valence-corrected chi connectivity index (χ1v) is 6.10. The van der Waals surface area contributed by atoms with Crippen molar-refractivity contribution in [2.24, 2.45) is 5.41 Å². The van der Waals surface area contributed by atoms with Crippen molar-refractivity contribution < 1.29 is 31.5 Å². The summed E-state index contributed by atoms with van der Waals surface area (Å²) in [6.45, 7) is 8.59. The molecule has 0 aromatic rings. The van der Waals surface area contributed by atoms with E-state index < -0.39 is 29.5 Å². The van der Waals surface area contributed by atoms with Gasteiger partial charge in [-0.25, -0.2) is 0 Å². The van der Waals surface area contributed by atoms with E-state index in [1.807, 2.05) is 13.8 Å². The monoisotopic (exact) mass is 307 g/mol. The molecule has 1 atom stereocenters. The first-order valence-electron chi connectivity index (χ1n) is 6.10. The highest BCUT2D eigenvalue weighted by Crippen LogP contribution is 2.36. The first kappa shape index (κ1) is 21.4. The Morgan fingerprint density at radius 3 is 1.85 bits per heavy atom. The lowest BCUT2D eigenvalue weighted by Gasteiger charge is -2.32. The second kappa shape index (κ2) is 7.75. The fourth-order valence-corrected chi connectivity index (χ4v) is 1.11. The molecular weight excluding hydrogens is 285 g/mol. The predicted molar refractivity (Wildman–Crippen MR) is 65.6 cm³/mol. The van der Waals surface area contributed by atoms with Crippen LogP contribution >= 0.6 is 0 Å². The predicted octanol–water partition coefficient (Wildman–Crippen LogP) is 3.39. The van der Waals surface area contributed by atoms with E-state index in [0.29, 0.717) is 0 Å².